The molecule has 1 aromatic heterocycles. The molecule has 0 aliphatic carbocycles. The maximum absolute atomic E-state index is 5.79. The molecule has 0 fully saturated rings. The van der Waals surface area contributed by atoms with Crippen LogP contribution in [0, 0.1) is 6.92 Å². The molecule has 0 saturated carbocycles. The van der Waals surface area contributed by atoms with Gasteiger partial charge in [-0.05, 0) is 31.2 Å². The fourth-order valence-electron chi connectivity index (χ4n) is 2.42. The third kappa shape index (κ3) is 2.90. The van der Waals surface area contributed by atoms with Gasteiger partial charge in [0.15, 0.2) is 0 Å². The summed E-state index contributed by atoms with van der Waals surface area (Å²) >= 11 is 0. The highest BCUT2D eigenvalue weighted by Gasteiger charge is 2.08. The number of hydrogen-bond acceptors (Lipinski definition) is 3. The van der Waals surface area contributed by atoms with Crippen LogP contribution in [0.25, 0.3) is 11.0 Å². The first-order chi connectivity index (χ1) is 10.3. The molecular formula is C17H19N3O. The average Bonchev–Trinajstić information content (AvgIpc) is 2.87. The normalized spacial score (nSPS) is 11.0. The molecule has 2 N–H and O–H groups in total. The van der Waals surface area contributed by atoms with Crippen molar-refractivity contribution in [1.29, 1.82) is 0 Å². The number of para-hydroxylation sites is 2. The molecule has 0 aliphatic rings. The number of ether oxygens (including phenoxy) is 1. The van der Waals surface area contributed by atoms with Gasteiger partial charge in [-0.1, -0.05) is 29.8 Å². The number of nitrogens with zero attached hydrogens (tertiary/aromatic N) is 2. The van der Waals surface area contributed by atoms with Gasteiger partial charge in [-0.25, -0.2) is 4.98 Å². The first-order valence-electron chi connectivity index (χ1n) is 7.11. The van der Waals surface area contributed by atoms with Crippen molar-refractivity contribution < 1.29 is 4.74 Å². The summed E-state index contributed by atoms with van der Waals surface area (Å²) < 4.78 is 7.92. The molecule has 0 atom stereocenters. The Labute approximate surface area is 124 Å². The monoisotopic (exact) mass is 281 g/mol. The molecule has 0 bridgehead atoms. The molecular weight excluding hydrogens is 262 g/mol. The van der Waals surface area contributed by atoms with Crippen molar-refractivity contribution in [2.75, 3.05) is 6.61 Å². The Morgan fingerprint density at radius 3 is 2.62 bits per heavy atom. The molecule has 0 saturated heterocycles. The zero-order valence-corrected chi connectivity index (χ0v) is 12.1. The van der Waals surface area contributed by atoms with E-state index in [0.29, 0.717) is 13.2 Å². The van der Waals surface area contributed by atoms with Crippen LogP contribution in [0.15, 0.2) is 48.5 Å². The molecule has 4 heteroatoms. The Morgan fingerprint density at radius 2 is 1.86 bits per heavy atom. The Kier molecular flexibility index (Phi) is 3.88. The van der Waals surface area contributed by atoms with Gasteiger partial charge < -0.3 is 15.0 Å². The van der Waals surface area contributed by atoms with Crippen LogP contribution in [-0.4, -0.2) is 16.2 Å². The van der Waals surface area contributed by atoms with E-state index in [4.69, 9.17) is 10.5 Å². The zero-order chi connectivity index (χ0) is 14.7. The topological polar surface area (TPSA) is 53.1 Å². The second-order valence-corrected chi connectivity index (χ2v) is 5.03. The smallest absolute Gasteiger partial charge is 0.123 e. The van der Waals surface area contributed by atoms with Crippen molar-refractivity contribution in [3.05, 3.63) is 59.9 Å². The highest BCUT2D eigenvalue weighted by molar-refractivity contribution is 5.75. The van der Waals surface area contributed by atoms with Gasteiger partial charge in [0.05, 0.1) is 24.1 Å². The number of rotatable bonds is 5. The minimum atomic E-state index is 0.430. The lowest BCUT2D eigenvalue weighted by atomic mass is 10.2. The van der Waals surface area contributed by atoms with Crippen LogP contribution in [0.1, 0.15) is 11.4 Å². The highest BCUT2D eigenvalue weighted by Crippen LogP contribution is 2.16. The summed E-state index contributed by atoms with van der Waals surface area (Å²) in [5.41, 5.74) is 9.10. The van der Waals surface area contributed by atoms with Gasteiger partial charge in [-0.2, -0.15) is 0 Å². The SMILES string of the molecule is Cc1ccc(OCCn2c(CN)nc3ccccc32)cc1. The average molecular weight is 281 g/mol. The number of aromatic nitrogens is 2. The molecule has 1 heterocycles. The summed E-state index contributed by atoms with van der Waals surface area (Å²) in [6, 6.07) is 16.2. The zero-order valence-electron chi connectivity index (χ0n) is 12.1. The second kappa shape index (κ2) is 5.97. The first kappa shape index (κ1) is 13.6. The molecule has 0 aliphatic heterocycles. The predicted molar refractivity (Wildman–Crippen MR) is 84.3 cm³/mol. The third-order valence-corrected chi connectivity index (χ3v) is 3.52. The van der Waals surface area contributed by atoms with E-state index in [-0.39, 0.29) is 0 Å². The van der Waals surface area contributed by atoms with Crippen molar-refractivity contribution in [2.45, 2.75) is 20.0 Å². The molecule has 0 spiro atoms. The number of imidazole rings is 1. The van der Waals surface area contributed by atoms with E-state index in [1.165, 1.54) is 5.56 Å². The van der Waals surface area contributed by atoms with E-state index >= 15 is 0 Å². The van der Waals surface area contributed by atoms with E-state index in [2.05, 4.69) is 22.5 Å². The molecule has 0 radical (unpaired) electrons. The van der Waals surface area contributed by atoms with E-state index in [9.17, 15) is 0 Å². The van der Waals surface area contributed by atoms with Crippen LogP contribution in [0.4, 0.5) is 0 Å². The first-order valence-corrected chi connectivity index (χ1v) is 7.11. The van der Waals surface area contributed by atoms with Gasteiger partial charge in [0.1, 0.15) is 18.2 Å². The molecule has 0 amide bonds. The van der Waals surface area contributed by atoms with Crippen molar-refractivity contribution in [2.24, 2.45) is 5.73 Å². The lowest BCUT2D eigenvalue weighted by Crippen LogP contribution is -2.13. The van der Waals surface area contributed by atoms with E-state index < -0.39 is 0 Å². The largest absolute Gasteiger partial charge is 0.492 e. The number of benzene rings is 2. The van der Waals surface area contributed by atoms with Crippen LogP contribution < -0.4 is 10.5 Å². The van der Waals surface area contributed by atoms with Crippen LogP contribution in [-0.2, 0) is 13.1 Å². The number of nitrogens with two attached hydrogens (primary N) is 1. The minimum Gasteiger partial charge on any atom is -0.492 e. The molecule has 0 unspecified atom stereocenters. The van der Waals surface area contributed by atoms with Gasteiger partial charge >= 0.3 is 0 Å². The van der Waals surface area contributed by atoms with E-state index in [1.807, 2.05) is 42.5 Å². The Balaban J connectivity index is 1.74. The van der Waals surface area contributed by atoms with Crippen molar-refractivity contribution in [3.8, 4) is 5.75 Å². The van der Waals surface area contributed by atoms with Gasteiger partial charge in [0.25, 0.3) is 0 Å². The van der Waals surface area contributed by atoms with Crippen molar-refractivity contribution >= 4 is 11.0 Å². The highest BCUT2D eigenvalue weighted by atomic mass is 16.5. The molecule has 2 aromatic carbocycles. The quantitative estimate of drug-likeness (QED) is 0.782. The molecule has 4 nitrogen and oxygen atoms in total. The van der Waals surface area contributed by atoms with Crippen LogP contribution in [0.5, 0.6) is 5.75 Å². The van der Waals surface area contributed by atoms with E-state index in [0.717, 1.165) is 29.2 Å². The molecule has 3 rings (SSSR count). The molecule has 21 heavy (non-hydrogen) atoms. The van der Waals surface area contributed by atoms with E-state index in [1.54, 1.807) is 0 Å². The number of fused-ring (bicyclic) bond motifs is 1. The molecule has 108 valence electrons. The van der Waals surface area contributed by atoms with Crippen LogP contribution in [0.2, 0.25) is 0 Å². The lowest BCUT2D eigenvalue weighted by molar-refractivity contribution is 0.298. The number of aryl methyl sites for hydroxylation is 1. The standard InChI is InChI=1S/C17H19N3O/c1-13-6-8-14(9-7-13)21-11-10-20-16-5-3-2-4-15(16)19-17(20)12-18/h2-9H,10-12,18H2,1H3. The van der Waals surface area contributed by atoms with Gasteiger partial charge in [-0.15, -0.1) is 0 Å². The summed E-state index contributed by atoms with van der Waals surface area (Å²) in [6.45, 7) is 3.82. The summed E-state index contributed by atoms with van der Waals surface area (Å²) in [7, 11) is 0. The summed E-state index contributed by atoms with van der Waals surface area (Å²) in [5.74, 6) is 1.78. The van der Waals surface area contributed by atoms with Gasteiger partial charge in [0.2, 0.25) is 0 Å². The minimum absolute atomic E-state index is 0.430. The Bertz CT molecular complexity index is 731. The lowest BCUT2D eigenvalue weighted by Gasteiger charge is -2.10. The predicted octanol–water partition coefficient (Wildman–Crippen LogP) is 2.88. The summed E-state index contributed by atoms with van der Waals surface area (Å²) in [5, 5.41) is 0. The van der Waals surface area contributed by atoms with Crippen LogP contribution in [0.3, 0.4) is 0 Å². The number of hydrogen-bond donors (Lipinski definition) is 1. The summed E-state index contributed by atoms with van der Waals surface area (Å²) in [6.07, 6.45) is 0. The second-order valence-electron chi connectivity index (χ2n) is 5.03. The fourth-order valence-corrected chi connectivity index (χ4v) is 2.42. The maximum Gasteiger partial charge on any atom is 0.123 e. The van der Waals surface area contributed by atoms with Crippen LogP contribution >= 0.6 is 0 Å². The van der Waals surface area contributed by atoms with Crippen molar-refractivity contribution in [3.63, 3.8) is 0 Å². The third-order valence-electron chi connectivity index (χ3n) is 3.52. The maximum atomic E-state index is 5.79. The summed E-state index contributed by atoms with van der Waals surface area (Å²) in [4.78, 5) is 4.55. The van der Waals surface area contributed by atoms with Crippen molar-refractivity contribution in [1.82, 2.24) is 9.55 Å². The fraction of sp³-hybridized carbons (Fsp3) is 0.235. The Morgan fingerprint density at radius 1 is 1.10 bits per heavy atom. The molecule has 3 aromatic rings. The van der Waals surface area contributed by atoms with Gasteiger partial charge in [-0.3, -0.25) is 0 Å². The Hall–Kier alpha value is -2.33. The van der Waals surface area contributed by atoms with Gasteiger partial charge in [0, 0.05) is 0 Å².